The van der Waals surface area contributed by atoms with Crippen LogP contribution < -0.4 is 0 Å². The van der Waals surface area contributed by atoms with Gasteiger partial charge in [-0.15, -0.1) is 5.10 Å². The highest BCUT2D eigenvalue weighted by Gasteiger charge is 2.03. The van der Waals surface area contributed by atoms with Crippen molar-refractivity contribution in [1.29, 1.82) is 5.26 Å². The van der Waals surface area contributed by atoms with Crippen molar-refractivity contribution in [2.75, 3.05) is 0 Å². The van der Waals surface area contributed by atoms with E-state index >= 15 is 0 Å². The van der Waals surface area contributed by atoms with Gasteiger partial charge in [0.05, 0.1) is 11.9 Å². The summed E-state index contributed by atoms with van der Waals surface area (Å²) in [6.45, 7) is 1.92. The second kappa shape index (κ2) is 3.71. The number of aromatic nitrogens is 3. The van der Waals surface area contributed by atoms with Gasteiger partial charge in [0, 0.05) is 5.02 Å². The molecule has 0 saturated heterocycles. The zero-order valence-corrected chi connectivity index (χ0v) is 8.73. The lowest BCUT2D eigenvalue weighted by molar-refractivity contribution is 0.749. The van der Waals surface area contributed by atoms with Crippen LogP contribution in [0, 0.1) is 18.3 Å². The topological polar surface area (TPSA) is 54.5 Å². The van der Waals surface area contributed by atoms with E-state index in [1.165, 1.54) is 11.0 Å². The SMILES string of the molecule is Cc1ccc(-n2ncc(C#N)n2)cc1Cl. The highest BCUT2D eigenvalue weighted by Crippen LogP contribution is 2.18. The lowest BCUT2D eigenvalue weighted by Gasteiger charge is -2.01. The Morgan fingerprint density at radius 2 is 2.27 bits per heavy atom. The van der Waals surface area contributed by atoms with Crippen LogP contribution in [0.2, 0.25) is 5.02 Å². The van der Waals surface area contributed by atoms with E-state index in [9.17, 15) is 0 Å². The van der Waals surface area contributed by atoms with Crippen LogP contribution in [0.4, 0.5) is 0 Å². The average molecular weight is 219 g/mol. The Hall–Kier alpha value is -1.86. The molecule has 15 heavy (non-hydrogen) atoms. The van der Waals surface area contributed by atoms with Crippen LogP contribution in [0.25, 0.3) is 5.69 Å². The van der Waals surface area contributed by atoms with Crippen molar-refractivity contribution in [1.82, 2.24) is 15.0 Å². The van der Waals surface area contributed by atoms with Crippen LogP contribution in [0.1, 0.15) is 11.3 Å². The van der Waals surface area contributed by atoms with Crippen molar-refractivity contribution in [3.63, 3.8) is 0 Å². The number of aryl methyl sites for hydroxylation is 1. The second-order valence-corrected chi connectivity index (χ2v) is 3.47. The maximum Gasteiger partial charge on any atom is 0.183 e. The lowest BCUT2D eigenvalue weighted by Crippen LogP contribution is -1.98. The molecule has 2 aromatic rings. The maximum absolute atomic E-state index is 8.60. The highest BCUT2D eigenvalue weighted by atomic mass is 35.5. The summed E-state index contributed by atoms with van der Waals surface area (Å²) in [7, 11) is 0. The Labute approximate surface area is 91.7 Å². The van der Waals surface area contributed by atoms with Crippen LogP contribution in [0.15, 0.2) is 24.4 Å². The molecule has 0 aliphatic carbocycles. The molecule has 1 aromatic heterocycles. The number of hydrogen-bond donors (Lipinski definition) is 0. The van der Waals surface area contributed by atoms with E-state index in [0.717, 1.165) is 11.3 Å². The van der Waals surface area contributed by atoms with E-state index < -0.39 is 0 Å². The molecular formula is C10H7ClN4. The van der Waals surface area contributed by atoms with Crippen LogP contribution in [0.5, 0.6) is 0 Å². The molecule has 0 N–H and O–H groups in total. The largest absolute Gasteiger partial charge is 0.191 e. The van der Waals surface area contributed by atoms with Crippen LogP contribution in [-0.4, -0.2) is 15.0 Å². The molecule has 0 fully saturated rings. The third-order valence-electron chi connectivity index (χ3n) is 1.99. The van der Waals surface area contributed by atoms with Crippen LogP contribution in [-0.2, 0) is 0 Å². The minimum absolute atomic E-state index is 0.284. The summed E-state index contributed by atoms with van der Waals surface area (Å²) in [6, 6.07) is 7.41. The molecule has 0 aliphatic heterocycles. The number of benzene rings is 1. The fourth-order valence-corrected chi connectivity index (χ4v) is 1.32. The van der Waals surface area contributed by atoms with E-state index in [1.807, 2.05) is 25.1 Å². The predicted octanol–water partition coefficient (Wildman–Crippen LogP) is 2.10. The quantitative estimate of drug-likeness (QED) is 0.737. The van der Waals surface area contributed by atoms with Gasteiger partial charge in [0.25, 0.3) is 0 Å². The molecule has 0 atom stereocenters. The van der Waals surface area contributed by atoms with Crippen LogP contribution in [0.3, 0.4) is 0 Å². The molecule has 2 rings (SSSR count). The highest BCUT2D eigenvalue weighted by molar-refractivity contribution is 6.31. The fourth-order valence-electron chi connectivity index (χ4n) is 1.14. The van der Waals surface area contributed by atoms with Crippen molar-refractivity contribution >= 4 is 11.6 Å². The molecular weight excluding hydrogens is 212 g/mol. The first kappa shape index (κ1) is 9.69. The summed E-state index contributed by atoms with van der Waals surface area (Å²) in [5.74, 6) is 0. The minimum Gasteiger partial charge on any atom is -0.191 e. The fraction of sp³-hybridized carbons (Fsp3) is 0.100. The molecule has 74 valence electrons. The zero-order valence-electron chi connectivity index (χ0n) is 7.98. The van der Waals surface area contributed by atoms with E-state index in [1.54, 1.807) is 6.07 Å². The third-order valence-corrected chi connectivity index (χ3v) is 2.40. The van der Waals surface area contributed by atoms with Crippen molar-refractivity contribution in [3.05, 3.63) is 40.7 Å². The smallest absolute Gasteiger partial charge is 0.183 e. The number of nitriles is 1. The van der Waals surface area contributed by atoms with Gasteiger partial charge in [0.1, 0.15) is 6.07 Å². The van der Waals surface area contributed by atoms with E-state index in [-0.39, 0.29) is 5.69 Å². The van der Waals surface area contributed by atoms with E-state index in [4.69, 9.17) is 16.9 Å². The summed E-state index contributed by atoms with van der Waals surface area (Å²) in [4.78, 5) is 1.38. The van der Waals surface area contributed by atoms with Gasteiger partial charge in [-0.3, -0.25) is 0 Å². The molecule has 0 spiro atoms. The molecule has 0 amide bonds. The van der Waals surface area contributed by atoms with Crippen molar-refractivity contribution in [2.45, 2.75) is 6.92 Å². The summed E-state index contributed by atoms with van der Waals surface area (Å²) >= 11 is 5.97. The number of nitrogens with zero attached hydrogens (tertiary/aromatic N) is 4. The Balaban J connectivity index is 2.46. The Kier molecular flexibility index (Phi) is 2.40. The van der Waals surface area contributed by atoms with Crippen molar-refractivity contribution in [3.8, 4) is 11.8 Å². The molecule has 4 nitrogen and oxygen atoms in total. The molecule has 1 heterocycles. The van der Waals surface area contributed by atoms with Gasteiger partial charge in [-0.1, -0.05) is 17.7 Å². The lowest BCUT2D eigenvalue weighted by atomic mass is 10.2. The summed E-state index contributed by atoms with van der Waals surface area (Å²) in [6.07, 6.45) is 1.41. The molecule has 0 saturated carbocycles. The van der Waals surface area contributed by atoms with Crippen LogP contribution >= 0.6 is 11.6 Å². The van der Waals surface area contributed by atoms with Gasteiger partial charge >= 0.3 is 0 Å². The van der Waals surface area contributed by atoms with Gasteiger partial charge in [0.2, 0.25) is 0 Å². The van der Waals surface area contributed by atoms with Crippen molar-refractivity contribution < 1.29 is 0 Å². The van der Waals surface area contributed by atoms with Crippen molar-refractivity contribution in [2.24, 2.45) is 0 Å². The molecule has 0 radical (unpaired) electrons. The predicted molar refractivity (Wildman–Crippen MR) is 55.8 cm³/mol. The number of halogens is 1. The maximum atomic E-state index is 8.60. The summed E-state index contributed by atoms with van der Waals surface area (Å²) in [5.41, 5.74) is 2.02. The molecule has 5 heteroatoms. The monoisotopic (exact) mass is 218 g/mol. The first-order valence-corrected chi connectivity index (χ1v) is 4.67. The third kappa shape index (κ3) is 1.83. The molecule has 0 aliphatic rings. The average Bonchev–Trinajstić information content (AvgIpc) is 2.70. The van der Waals surface area contributed by atoms with Gasteiger partial charge < -0.3 is 0 Å². The summed E-state index contributed by atoms with van der Waals surface area (Å²) in [5, 5.41) is 17.2. The normalized spacial score (nSPS) is 9.93. The van der Waals surface area contributed by atoms with E-state index in [0.29, 0.717) is 5.02 Å². The Bertz CT molecular complexity index is 539. The molecule has 0 unspecified atom stereocenters. The summed E-state index contributed by atoms with van der Waals surface area (Å²) < 4.78 is 0. The Morgan fingerprint density at radius 3 is 2.87 bits per heavy atom. The van der Waals surface area contributed by atoms with Gasteiger partial charge in [-0.2, -0.15) is 15.2 Å². The molecule has 0 bridgehead atoms. The van der Waals surface area contributed by atoms with E-state index in [2.05, 4.69) is 10.2 Å². The number of hydrogen-bond acceptors (Lipinski definition) is 3. The van der Waals surface area contributed by atoms with Gasteiger partial charge in [0.15, 0.2) is 5.69 Å². The van der Waals surface area contributed by atoms with Gasteiger partial charge in [-0.05, 0) is 24.6 Å². The standard InChI is InChI=1S/C10H7ClN4/c1-7-2-3-9(4-10(7)11)15-13-6-8(5-12)14-15/h2-4,6H,1H3. The van der Waals surface area contributed by atoms with Gasteiger partial charge in [-0.25, -0.2) is 0 Å². The Morgan fingerprint density at radius 1 is 1.47 bits per heavy atom. The first-order chi connectivity index (χ1) is 7.20. The number of rotatable bonds is 1. The minimum atomic E-state index is 0.284. The first-order valence-electron chi connectivity index (χ1n) is 4.29. The molecule has 1 aromatic carbocycles. The zero-order chi connectivity index (χ0) is 10.8. The second-order valence-electron chi connectivity index (χ2n) is 3.06.